The second kappa shape index (κ2) is 7.18. The molecule has 0 saturated heterocycles. The van der Waals surface area contributed by atoms with E-state index in [9.17, 15) is 9.59 Å². The zero-order valence-corrected chi connectivity index (χ0v) is 16.4. The number of carbonyl (C=O) groups is 2. The lowest BCUT2D eigenvalue weighted by atomic mass is 10.1. The van der Waals surface area contributed by atoms with Crippen LogP contribution in [0, 0.1) is 0 Å². The molecule has 1 aromatic heterocycles. The third-order valence-electron chi connectivity index (χ3n) is 5.17. The molecule has 0 radical (unpaired) electrons. The summed E-state index contributed by atoms with van der Waals surface area (Å²) in [5.41, 5.74) is 3.47. The lowest BCUT2D eigenvalue weighted by Gasteiger charge is -2.17. The molecule has 3 aromatic carbocycles. The van der Waals surface area contributed by atoms with E-state index < -0.39 is 0 Å². The van der Waals surface area contributed by atoms with Crippen LogP contribution in [0.2, 0.25) is 0 Å². The van der Waals surface area contributed by atoms with Gasteiger partial charge < -0.3 is 10.2 Å². The summed E-state index contributed by atoms with van der Waals surface area (Å²) >= 11 is 1.47. The Hall–Kier alpha value is -3.44. The van der Waals surface area contributed by atoms with E-state index in [0.717, 1.165) is 22.2 Å². The predicted octanol–water partition coefficient (Wildman–Crippen LogP) is 5.36. The normalized spacial score (nSPS) is 12.8. The number of carbonyl (C=O) groups excluding carboxylic acids is 2. The van der Waals surface area contributed by atoms with Crippen molar-refractivity contribution in [3.05, 3.63) is 94.9 Å². The van der Waals surface area contributed by atoms with Gasteiger partial charge in [-0.05, 0) is 59.8 Å². The summed E-state index contributed by atoms with van der Waals surface area (Å²) in [6.07, 6.45) is 0.880. The van der Waals surface area contributed by atoms with E-state index in [1.807, 2.05) is 53.4 Å². The molecule has 0 unspecified atom stereocenters. The second-order valence-corrected chi connectivity index (χ2v) is 8.10. The van der Waals surface area contributed by atoms with Crippen LogP contribution in [-0.4, -0.2) is 18.4 Å². The number of nitrogens with zero attached hydrogens (tertiary/aromatic N) is 1. The average molecular weight is 398 g/mol. The minimum Gasteiger partial charge on any atom is -0.321 e. The van der Waals surface area contributed by atoms with Crippen LogP contribution in [0.3, 0.4) is 0 Å². The Morgan fingerprint density at radius 3 is 2.48 bits per heavy atom. The van der Waals surface area contributed by atoms with Crippen molar-refractivity contribution in [3.63, 3.8) is 0 Å². The van der Waals surface area contributed by atoms with Crippen LogP contribution in [0.25, 0.3) is 10.1 Å². The lowest BCUT2D eigenvalue weighted by Crippen LogP contribution is -2.28. The third-order valence-corrected chi connectivity index (χ3v) is 6.29. The van der Waals surface area contributed by atoms with Crippen molar-refractivity contribution < 1.29 is 9.59 Å². The Morgan fingerprint density at radius 1 is 0.897 bits per heavy atom. The molecule has 4 aromatic rings. The zero-order chi connectivity index (χ0) is 19.8. The second-order valence-electron chi connectivity index (χ2n) is 7.02. The van der Waals surface area contributed by atoms with E-state index in [0.29, 0.717) is 22.7 Å². The Kier molecular flexibility index (Phi) is 4.37. The summed E-state index contributed by atoms with van der Waals surface area (Å²) in [6.45, 7) is 0.697. The highest BCUT2D eigenvalue weighted by atomic mass is 32.1. The quantitative estimate of drug-likeness (QED) is 0.505. The van der Waals surface area contributed by atoms with Crippen molar-refractivity contribution in [2.24, 2.45) is 0 Å². The van der Waals surface area contributed by atoms with E-state index in [4.69, 9.17) is 0 Å². The molecule has 0 atom stereocenters. The van der Waals surface area contributed by atoms with Crippen molar-refractivity contribution in [2.75, 3.05) is 16.8 Å². The molecule has 0 fully saturated rings. The fourth-order valence-electron chi connectivity index (χ4n) is 3.69. The maximum absolute atomic E-state index is 12.9. The summed E-state index contributed by atoms with van der Waals surface area (Å²) in [5, 5.41) is 3.98. The maximum Gasteiger partial charge on any atom is 0.265 e. The highest BCUT2D eigenvalue weighted by Crippen LogP contribution is 2.29. The van der Waals surface area contributed by atoms with Crippen molar-refractivity contribution >= 4 is 44.6 Å². The molecule has 2 heterocycles. The fourth-order valence-corrected chi connectivity index (χ4v) is 4.65. The van der Waals surface area contributed by atoms with Gasteiger partial charge in [0.25, 0.3) is 11.8 Å². The topological polar surface area (TPSA) is 49.4 Å². The highest BCUT2D eigenvalue weighted by Gasteiger charge is 2.25. The third kappa shape index (κ3) is 3.30. The summed E-state index contributed by atoms with van der Waals surface area (Å²) in [5.74, 6) is -0.156. The molecule has 1 aliphatic rings. The SMILES string of the molecule is O=C(Nc1ccc(C(=O)N2CCc3ccccc32)cc1)c1cc2ccccc2s1. The Morgan fingerprint density at radius 2 is 1.66 bits per heavy atom. The summed E-state index contributed by atoms with van der Waals surface area (Å²) in [4.78, 5) is 28.0. The van der Waals surface area contributed by atoms with E-state index >= 15 is 0 Å². The van der Waals surface area contributed by atoms with Gasteiger partial charge in [0.1, 0.15) is 0 Å². The van der Waals surface area contributed by atoms with Gasteiger partial charge in [-0.3, -0.25) is 9.59 Å². The summed E-state index contributed by atoms with van der Waals surface area (Å²) in [7, 11) is 0. The molecule has 1 N–H and O–H groups in total. The molecular weight excluding hydrogens is 380 g/mol. The number of fused-ring (bicyclic) bond motifs is 2. The molecule has 4 nitrogen and oxygen atoms in total. The molecular formula is C24H18N2O2S. The Labute approximate surface area is 172 Å². The van der Waals surface area contributed by atoms with E-state index in [-0.39, 0.29) is 11.8 Å². The van der Waals surface area contributed by atoms with Crippen molar-refractivity contribution in [2.45, 2.75) is 6.42 Å². The van der Waals surface area contributed by atoms with Crippen molar-refractivity contribution in [3.8, 4) is 0 Å². The number of para-hydroxylation sites is 1. The fraction of sp³-hybridized carbons (Fsp3) is 0.0833. The number of hydrogen-bond acceptors (Lipinski definition) is 3. The van der Waals surface area contributed by atoms with Gasteiger partial charge in [-0.1, -0.05) is 36.4 Å². The van der Waals surface area contributed by atoms with Gasteiger partial charge in [-0.15, -0.1) is 11.3 Å². The largest absolute Gasteiger partial charge is 0.321 e. The minimum absolute atomic E-state index is 0.0164. The van der Waals surface area contributed by atoms with Crippen molar-refractivity contribution in [1.29, 1.82) is 0 Å². The molecule has 0 spiro atoms. The molecule has 2 amide bonds. The van der Waals surface area contributed by atoms with Gasteiger partial charge >= 0.3 is 0 Å². The van der Waals surface area contributed by atoms with Crippen LogP contribution in [-0.2, 0) is 6.42 Å². The molecule has 5 heteroatoms. The number of rotatable bonds is 3. The predicted molar refractivity (Wildman–Crippen MR) is 118 cm³/mol. The minimum atomic E-state index is -0.140. The highest BCUT2D eigenvalue weighted by molar-refractivity contribution is 7.20. The summed E-state index contributed by atoms with van der Waals surface area (Å²) in [6, 6.07) is 24.9. The Bertz CT molecular complexity index is 1190. The Balaban J connectivity index is 1.31. The molecule has 29 heavy (non-hydrogen) atoms. The first-order valence-corrected chi connectivity index (χ1v) is 10.3. The number of anilines is 2. The lowest BCUT2D eigenvalue weighted by molar-refractivity contribution is 0.0988. The van der Waals surface area contributed by atoms with Crippen LogP contribution in [0.15, 0.2) is 78.9 Å². The van der Waals surface area contributed by atoms with Gasteiger partial charge in [0.15, 0.2) is 0 Å². The molecule has 0 aliphatic carbocycles. The van der Waals surface area contributed by atoms with Gasteiger partial charge in [-0.2, -0.15) is 0 Å². The van der Waals surface area contributed by atoms with Gasteiger partial charge in [0.2, 0.25) is 0 Å². The van der Waals surface area contributed by atoms with Crippen LogP contribution in [0.1, 0.15) is 25.6 Å². The van der Waals surface area contributed by atoms with Gasteiger partial charge in [-0.25, -0.2) is 0 Å². The zero-order valence-electron chi connectivity index (χ0n) is 15.6. The van der Waals surface area contributed by atoms with Gasteiger partial charge in [0.05, 0.1) is 4.88 Å². The van der Waals surface area contributed by atoms with Crippen LogP contribution >= 0.6 is 11.3 Å². The van der Waals surface area contributed by atoms with E-state index in [1.54, 1.807) is 24.3 Å². The first-order valence-electron chi connectivity index (χ1n) is 9.49. The smallest absolute Gasteiger partial charge is 0.265 e. The van der Waals surface area contributed by atoms with Crippen LogP contribution in [0.4, 0.5) is 11.4 Å². The number of amides is 2. The number of hydrogen-bond donors (Lipinski definition) is 1. The van der Waals surface area contributed by atoms with E-state index in [2.05, 4.69) is 11.4 Å². The van der Waals surface area contributed by atoms with Crippen molar-refractivity contribution in [1.82, 2.24) is 0 Å². The number of benzene rings is 3. The average Bonchev–Trinajstić information content (AvgIpc) is 3.38. The van der Waals surface area contributed by atoms with E-state index in [1.165, 1.54) is 16.9 Å². The van der Waals surface area contributed by atoms with Crippen LogP contribution < -0.4 is 10.2 Å². The van der Waals surface area contributed by atoms with Crippen LogP contribution in [0.5, 0.6) is 0 Å². The first kappa shape index (κ1) is 17.6. The molecule has 1 aliphatic heterocycles. The first-order chi connectivity index (χ1) is 14.2. The summed E-state index contributed by atoms with van der Waals surface area (Å²) < 4.78 is 1.09. The molecule has 142 valence electrons. The van der Waals surface area contributed by atoms with Gasteiger partial charge in [0, 0.05) is 28.2 Å². The molecule has 5 rings (SSSR count). The maximum atomic E-state index is 12.9. The number of nitrogens with one attached hydrogen (secondary N) is 1. The molecule has 0 saturated carbocycles. The molecule has 0 bridgehead atoms. The standard InChI is InChI=1S/C24H18N2O2S/c27-23(22-15-18-6-2-4-8-21(18)29-22)25-19-11-9-17(10-12-19)24(28)26-14-13-16-5-1-3-7-20(16)26/h1-12,15H,13-14H2,(H,25,27). The monoisotopic (exact) mass is 398 g/mol. The number of thiophene rings is 1.